The third kappa shape index (κ3) is 5.02. The molecule has 0 aliphatic heterocycles. The summed E-state index contributed by atoms with van der Waals surface area (Å²) in [5.74, 6) is -0.631. The van der Waals surface area contributed by atoms with E-state index in [2.05, 4.69) is 0 Å². The number of aliphatic hydroxyl groups is 1. The molecule has 0 amide bonds. The van der Waals surface area contributed by atoms with Crippen LogP contribution in [0.25, 0.3) is 0 Å². The monoisotopic (exact) mass is 306 g/mol. The Kier molecular flexibility index (Phi) is 7.38. The van der Waals surface area contributed by atoms with E-state index in [1.807, 2.05) is 32.0 Å². The molecule has 0 aliphatic rings. The molecule has 0 spiro atoms. The molecule has 122 valence electrons. The number of aliphatic hydroxyl groups excluding tert-OH is 1. The molecule has 1 aromatic rings. The zero-order chi connectivity index (χ0) is 16.7. The normalized spacial score (nSPS) is 16.8. The Morgan fingerprint density at radius 2 is 1.82 bits per heavy atom. The number of aldehydes is 1. The van der Waals surface area contributed by atoms with E-state index in [0.29, 0.717) is 18.3 Å². The molecule has 5 heteroatoms. The highest BCUT2D eigenvalue weighted by atomic mass is 16.3. The minimum absolute atomic E-state index is 0.100. The van der Waals surface area contributed by atoms with Crippen LogP contribution in [0.3, 0.4) is 0 Å². The van der Waals surface area contributed by atoms with Crippen LogP contribution < -0.4 is 11.5 Å². The van der Waals surface area contributed by atoms with Crippen molar-refractivity contribution in [2.24, 2.45) is 17.4 Å². The molecule has 0 aromatic heterocycles. The Balaban J connectivity index is 3.06. The number of rotatable bonds is 9. The van der Waals surface area contributed by atoms with Gasteiger partial charge in [-0.25, -0.2) is 0 Å². The molecule has 0 saturated carbocycles. The second kappa shape index (κ2) is 8.78. The van der Waals surface area contributed by atoms with Crippen molar-refractivity contribution in [3.05, 3.63) is 35.9 Å². The molecule has 0 radical (unpaired) electrons. The predicted octanol–water partition coefficient (Wildman–Crippen LogP) is 0.990. The summed E-state index contributed by atoms with van der Waals surface area (Å²) in [4.78, 5) is 23.3. The van der Waals surface area contributed by atoms with E-state index in [4.69, 9.17) is 11.5 Å². The molecular weight excluding hydrogens is 280 g/mol. The van der Waals surface area contributed by atoms with Crippen LogP contribution >= 0.6 is 0 Å². The maximum atomic E-state index is 12.7. The van der Waals surface area contributed by atoms with Crippen molar-refractivity contribution in [1.29, 1.82) is 0 Å². The van der Waals surface area contributed by atoms with Gasteiger partial charge >= 0.3 is 0 Å². The molecule has 1 aromatic carbocycles. The van der Waals surface area contributed by atoms with Crippen molar-refractivity contribution in [3.8, 4) is 0 Å². The first-order valence-corrected chi connectivity index (χ1v) is 7.60. The lowest BCUT2D eigenvalue weighted by Gasteiger charge is -2.29. The summed E-state index contributed by atoms with van der Waals surface area (Å²) in [5, 5.41) is 10.0. The second-order valence-corrected chi connectivity index (χ2v) is 6.07. The zero-order valence-corrected chi connectivity index (χ0v) is 13.2. The molecule has 22 heavy (non-hydrogen) atoms. The Morgan fingerprint density at radius 3 is 2.32 bits per heavy atom. The average Bonchev–Trinajstić information content (AvgIpc) is 2.47. The molecule has 3 unspecified atom stereocenters. The van der Waals surface area contributed by atoms with Crippen molar-refractivity contribution in [3.63, 3.8) is 0 Å². The van der Waals surface area contributed by atoms with Crippen LogP contribution in [0, 0.1) is 5.92 Å². The van der Waals surface area contributed by atoms with Gasteiger partial charge in [0.1, 0.15) is 6.29 Å². The number of hydrogen-bond acceptors (Lipinski definition) is 5. The van der Waals surface area contributed by atoms with Gasteiger partial charge in [0.25, 0.3) is 0 Å². The van der Waals surface area contributed by atoms with E-state index < -0.39 is 24.1 Å². The van der Waals surface area contributed by atoms with E-state index in [-0.39, 0.29) is 18.1 Å². The van der Waals surface area contributed by atoms with E-state index in [1.54, 1.807) is 12.1 Å². The lowest BCUT2D eigenvalue weighted by Crippen LogP contribution is -2.48. The largest absolute Gasteiger partial charge is 0.391 e. The fourth-order valence-electron chi connectivity index (χ4n) is 2.57. The Hall–Kier alpha value is -1.56. The third-order valence-electron chi connectivity index (χ3n) is 3.72. The second-order valence-electron chi connectivity index (χ2n) is 6.07. The summed E-state index contributed by atoms with van der Waals surface area (Å²) >= 11 is 0. The number of ketones is 1. The Bertz CT molecular complexity index is 476. The van der Waals surface area contributed by atoms with Gasteiger partial charge in [0.05, 0.1) is 18.1 Å². The summed E-state index contributed by atoms with van der Waals surface area (Å²) in [5.41, 5.74) is 12.8. The standard InChI is InChI=1S/C17H26N2O3/c1-11(2)10-13(18)17(22)15(12-6-4-3-5-7-12)16(19)14(21)8-9-20/h3-7,9,11,13-16,21H,8,10,18-19H2,1-2H3/t13-,14?,15?,16?/m1/s1. The Morgan fingerprint density at radius 1 is 1.23 bits per heavy atom. The van der Waals surface area contributed by atoms with Gasteiger partial charge in [-0.3, -0.25) is 4.79 Å². The maximum Gasteiger partial charge on any atom is 0.158 e. The summed E-state index contributed by atoms with van der Waals surface area (Å²) in [6, 6.07) is 7.53. The number of nitrogens with two attached hydrogens (primary N) is 2. The van der Waals surface area contributed by atoms with Gasteiger partial charge < -0.3 is 21.4 Å². The van der Waals surface area contributed by atoms with Crippen LogP contribution in [0.5, 0.6) is 0 Å². The molecule has 0 heterocycles. The number of Topliss-reactive ketones (excluding diaryl/α,β-unsaturated/α-hetero) is 1. The molecule has 5 nitrogen and oxygen atoms in total. The van der Waals surface area contributed by atoms with Crippen molar-refractivity contribution < 1.29 is 14.7 Å². The number of carbonyl (C=O) groups is 2. The first-order valence-electron chi connectivity index (χ1n) is 7.60. The number of hydrogen-bond donors (Lipinski definition) is 3. The molecule has 5 N–H and O–H groups in total. The Labute approximate surface area is 131 Å². The quantitative estimate of drug-likeness (QED) is 0.590. The van der Waals surface area contributed by atoms with Crippen LogP contribution in [0.2, 0.25) is 0 Å². The van der Waals surface area contributed by atoms with Crippen molar-refractivity contribution in [2.45, 2.75) is 50.8 Å². The zero-order valence-electron chi connectivity index (χ0n) is 13.2. The van der Waals surface area contributed by atoms with Gasteiger partial charge in [0.15, 0.2) is 5.78 Å². The number of carbonyl (C=O) groups excluding carboxylic acids is 2. The highest BCUT2D eigenvalue weighted by Gasteiger charge is 2.34. The minimum atomic E-state index is -1.07. The SMILES string of the molecule is CC(C)C[C@@H](N)C(=O)C(c1ccccc1)C(N)C(O)CC=O. The molecule has 0 fully saturated rings. The van der Waals surface area contributed by atoms with Crippen LogP contribution in [0.1, 0.15) is 38.2 Å². The smallest absolute Gasteiger partial charge is 0.158 e. The highest BCUT2D eigenvalue weighted by molar-refractivity contribution is 5.91. The van der Waals surface area contributed by atoms with Gasteiger partial charge in [-0.15, -0.1) is 0 Å². The van der Waals surface area contributed by atoms with E-state index in [9.17, 15) is 14.7 Å². The summed E-state index contributed by atoms with van der Waals surface area (Å²) in [7, 11) is 0. The summed E-state index contributed by atoms with van der Waals surface area (Å²) < 4.78 is 0. The van der Waals surface area contributed by atoms with Gasteiger partial charge in [-0.05, 0) is 17.9 Å². The molecule has 1 rings (SSSR count). The van der Waals surface area contributed by atoms with E-state index in [0.717, 1.165) is 0 Å². The van der Waals surface area contributed by atoms with E-state index >= 15 is 0 Å². The molecule has 0 bridgehead atoms. The lowest BCUT2D eigenvalue weighted by atomic mass is 9.81. The molecular formula is C17H26N2O3. The average molecular weight is 306 g/mol. The van der Waals surface area contributed by atoms with Crippen molar-refractivity contribution >= 4 is 12.1 Å². The first kappa shape index (κ1) is 18.5. The maximum absolute atomic E-state index is 12.7. The predicted molar refractivity (Wildman–Crippen MR) is 86.3 cm³/mol. The van der Waals surface area contributed by atoms with Crippen molar-refractivity contribution in [2.75, 3.05) is 0 Å². The van der Waals surface area contributed by atoms with Crippen LogP contribution in [-0.4, -0.2) is 35.4 Å². The van der Waals surface area contributed by atoms with Gasteiger partial charge in [-0.1, -0.05) is 44.2 Å². The van der Waals surface area contributed by atoms with Gasteiger partial charge in [0.2, 0.25) is 0 Å². The van der Waals surface area contributed by atoms with Crippen LogP contribution in [0.4, 0.5) is 0 Å². The third-order valence-corrected chi connectivity index (χ3v) is 3.72. The highest BCUT2D eigenvalue weighted by Crippen LogP contribution is 2.25. The summed E-state index contributed by atoms with van der Waals surface area (Å²) in [6.45, 7) is 3.98. The van der Waals surface area contributed by atoms with Crippen LogP contribution in [-0.2, 0) is 9.59 Å². The van der Waals surface area contributed by atoms with Crippen LogP contribution in [0.15, 0.2) is 30.3 Å². The summed E-state index contributed by atoms with van der Waals surface area (Å²) in [6.07, 6.45) is -0.0149. The van der Waals surface area contributed by atoms with Gasteiger partial charge in [0, 0.05) is 12.5 Å². The lowest BCUT2D eigenvalue weighted by molar-refractivity contribution is -0.123. The minimum Gasteiger partial charge on any atom is -0.391 e. The topological polar surface area (TPSA) is 106 Å². The van der Waals surface area contributed by atoms with Crippen molar-refractivity contribution in [1.82, 2.24) is 0 Å². The molecule has 4 atom stereocenters. The molecule has 0 saturated heterocycles. The van der Waals surface area contributed by atoms with Gasteiger partial charge in [-0.2, -0.15) is 0 Å². The fraction of sp³-hybridized carbons (Fsp3) is 0.529. The molecule has 0 aliphatic carbocycles. The van der Waals surface area contributed by atoms with E-state index in [1.165, 1.54) is 0 Å². The first-order chi connectivity index (χ1) is 10.4. The fourth-order valence-corrected chi connectivity index (χ4v) is 2.57. The number of benzene rings is 1.